The fourth-order valence-electron chi connectivity index (χ4n) is 25.9. The number of allylic oxidation sites excluding steroid dienone is 1. The molecule has 0 amide bonds. The maximum atomic E-state index is 15.9. The molecule has 0 saturated heterocycles. The normalized spacial score (nSPS) is 22.5. The molecule has 71 heavy (non-hydrogen) atoms. The van der Waals surface area contributed by atoms with Crippen molar-refractivity contribution in [3.8, 4) is 0 Å². The number of unbranched alkanes of at least 4 members (excludes halogenated alkanes) is 1. The number of benzene rings is 18. The maximum absolute atomic E-state index is 15.9. The molecule has 0 saturated carbocycles. The Kier molecular flexibility index (Phi) is 2.34. The molecule has 2 nitrogen and oxygen atoms in total. The standard InChI is InChI=1S/C69H15NO/c1-4-5-6-70-7(2)63(8(3)71)68-64-55-47-37-27-19-11-9-10-13-17-15(11)23-31-25(17)35-29-21(13)22-14(10)18-16-12(9)20(19)28-34-24(16)32-26(18)36-30(22)40-39(29)51-45(35)53-43(31)49(41(47)33(23)27)57(64)59(53)66-61(51)62-52(40)46(36)54-44(32)50-42(34)48(38(28)37)56(55)65(68)58(50)60(54)67(62)69(66,68)70/h4-6H2,1-3H3. The molecule has 0 unspecified atom stereocenters. The van der Waals surface area contributed by atoms with E-state index in [0.29, 0.717) is 5.78 Å². The van der Waals surface area contributed by atoms with Gasteiger partial charge in [-0.15, -0.1) is 0 Å². The second-order valence-electron chi connectivity index (χ2n) is 26.2. The van der Waals surface area contributed by atoms with Crippen LogP contribution in [0, 0.1) is 0 Å². The van der Waals surface area contributed by atoms with Gasteiger partial charge >= 0.3 is 0 Å². The van der Waals surface area contributed by atoms with Crippen molar-refractivity contribution in [1.82, 2.24) is 4.90 Å². The van der Waals surface area contributed by atoms with Crippen molar-refractivity contribution in [2.75, 3.05) is 6.54 Å². The van der Waals surface area contributed by atoms with Crippen molar-refractivity contribution >= 4 is 297 Å². The Hall–Kier alpha value is -8.33. The second kappa shape index (κ2) is 6.11. The van der Waals surface area contributed by atoms with Crippen LogP contribution in [0.25, 0.3) is 291 Å². The number of hydrogen-bond donors (Lipinski definition) is 0. The molecule has 2 spiro atoms. The van der Waals surface area contributed by atoms with Gasteiger partial charge in [-0.1, -0.05) is 13.3 Å². The lowest BCUT2D eigenvalue weighted by Gasteiger charge is -2.55. The first-order valence-electron chi connectivity index (χ1n) is 26.9. The average molecular weight is 874 g/mol. The summed E-state index contributed by atoms with van der Waals surface area (Å²) < 4.78 is 0. The molecule has 4 aliphatic carbocycles. The Labute approximate surface area is 388 Å². The number of rotatable bonds is 4. The zero-order valence-corrected chi connectivity index (χ0v) is 37.5. The summed E-state index contributed by atoms with van der Waals surface area (Å²) in [5.41, 5.74) is 7.54. The first-order valence-corrected chi connectivity index (χ1v) is 26.9. The zero-order valence-electron chi connectivity index (χ0n) is 37.5. The van der Waals surface area contributed by atoms with Crippen LogP contribution in [0.2, 0.25) is 0 Å². The van der Waals surface area contributed by atoms with E-state index in [0.717, 1.165) is 25.0 Å². The Bertz CT molecular complexity index is 7140. The first-order chi connectivity index (χ1) is 35.2. The van der Waals surface area contributed by atoms with E-state index < -0.39 is 11.0 Å². The Morgan fingerprint density at radius 1 is 0.310 bits per heavy atom. The molecule has 1 aliphatic heterocycles. The second-order valence-corrected chi connectivity index (χ2v) is 26.2. The highest BCUT2D eigenvalue weighted by molar-refractivity contribution is 6.82. The largest absolute Gasteiger partial charge is 0.359 e. The van der Waals surface area contributed by atoms with Gasteiger partial charge in [-0.3, -0.25) is 4.79 Å². The van der Waals surface area contributed by atoms with Crippen LogP contribution in [-0.4, -0.2) is 17.2 Å². The summed E-state index contributed by atoms with van der Waals surface area (Å²) in [6, 6.07) is 0. The van der Waals surface area contributed by atoms with E-state index in [1.165, 1.54) is 5.70 Å². The van der Waals surface area contributed by atoms with E-state index in [4.69, 9.17) is 0 Å². The third-order valence-electron chi connectivity index (χ3n) is 25.9. The van der Waals surface area contributed by atoms with Gasteiger partial charge in [0.05, 0.1) is 5.41 Å². The molecular formula is C69H15NO. The molecule has 0 aromatic heterocycles. The molecule has 302 valence electrons. The average Bonchev–Trinajstić information content (AvgIpc) is 3.99. The summed E-state index contributed by atoms with van der Waals surface area (Å²) in [7, 11) is 0. The van der Waals surface area contributed by atoms with Crippen molar-refractivity contribution in [3.63, 3.8) is 0 Å². The summed E-state index contributed by atoms with van der Waals surface area (Å²) >= 11 is 0. The van der Waals surface area contributed by atoms with Gasteiger partial charge in [-0.05, 0) is 322 Å². The predicted octanol–water partition coefficient (Wildman–Crippen LogP) is 18.2. The molecule has 0 radical (unpaired) electrons. The van der Waals surface area contributed by atoms with Gasteiger partial charge in [0.1, 0.15) is 5.54 Å². The van der Waals surface area contributed by atoms with Crippen LogP contribution < -0.4 is 0 Å². The molecule has 0 N–H and O–H groups in total. The Balaban J connectivity index is 1.20. The third-order valence-corrected chi connectivity index (χ3v) is 25.9. The van der Waals surface area contributed by atoms with Gasteiger partial charge in [0.25, 0.3) is 0 Å². The molecule has 5 aliphatic rings. The lowest BCUT2D eigenvalue weighted by molar-refractivity contribution is -0.114. The molecule has 28 aromatic carbocycles. The highest BCUT2D eigenvalue weighted by Gasteiger charge is 2.76. The number of carbonyl (C=O) groups excluding carboxylic acids is 1. The summed E-state index contributed by atoms with van der Waals surface area (Å²) in [5.74, 6) is 0.290. The minimum atomic E-state index is -0.665. The van der Waals surface area contributed by atoms with Crippen LogP contribution in [-0.2, 0) is 15.7 Å². The third kappa shape index (κ3) is 1.42. The zero-order chi connectivity index (χ0) is 42.9. The highest BCUT2D eigenvalue weighted by Crippen LogP contribution is 2.87. The highest BCUT2D eigenvalue weighted by atomic mass is 16.1. The Morgan fingerprint density at radius 3 is 0.676 bits per heavy atom. The van der Waals surface area contributed by atoms with Crippen molar-refractivity contribution in [2.24, 2.45) is 0 Å². The van der Waals surface area contributed by atoms with E-state index in [-0.39, 0.29) is 0 Å². The molecule has 0 fully saturated rings. The van der Waals surface area contributed by atoms with Crippen molar-refractivity contribution < 1.29 is 4.79 Å². The molecule has 0 bridgehead atoms. The van der Waals surface area contributed by atoms with E-state index in [9.17, 15) is 0 Å². The lowest BCUT2D eigenvalue weighted by atomic mass is 9.51. The van der Waals surface area contributed by atoms with E-state index in [1.54, 1.807) is 313 Å². The topological polar surface area (TPSA) is 20.3 Å². The molecular weight excluding hydrogens is 859 g/mol. The van der Waals surface area contributed by atoms with Gasteiger partial charge in [0.15, 0.2) is 5.78 Å². The molecule has 33 rings (SSSR count). The SMILES string of the molecule is CCCCN1C(C)=C(C(C)=O)C23c4c5c6c7c8c9c(c%10c%11c2c2c4c4c%12c5c5c6c6c8c8c%13c9c9c%10c%10c%11c%11c2c2c4c4c%12c%12c5c5c6c8c6c8c%13c9c9c%10c%10c%11c2c2c4c4c%12c5c6c5c8c9c%10c2c45)C713. The van der Waals surface area contributed by atoms with Crippen LogP contribution in [0.4, 0.5) is 0 Å². The molecule has 0 atom stereocenters. The van der Waals surface area contributed by atoms with Gasteiger partial charge in [0.2, 0.25) is 0 Å². The van der Waals surface area contributed by atoms with Gasteiger partial charge in [0, 0.05) is 28.9 Å². The van der Waals surface area contributed by atoms with Gasteiger partial charge < -0.3 is 4.90 Å². The number of Topliss-reactive ketones (excluding diaryl/α,β-unsaturated/α-hetero) is 1. The minimum Gasteiger partial charge on any atom is -0.359 e. The van der Waals surface area contributed by atoms with E-state index >= 15 is 4.79 Å². The molecule has 1 heterocycles. The summed E-state index contributed by atoms with van der Waals surface area (Å²) in [6.07, 6.45) is 2.23. The number of ketones is 1. The lowest BCUT2D eigenvalue weighted by Crippen LogP contribution is -2.58. The quantitative estimate of drug-likeness (QED) is 0.164. The van der Waals surface area contributed by atoms with Crippen molar-refractivity contribution in [3.05, 3.63) is 33.5 Å². The summed E-state index contributed by atoms with van der Waals surface area (Å²) in [4.78, 5) is 18.9. The summed E-state index contributed by atoms with van der Waals surface area (Å²) in [6.45, 7) is 7.77. The van der Waals surface area contributed by atoms with Crippen molar-refractivity contribution in [1.29, 1.82) is 0 Å². The van der Waals surface area contributed by atoms with E-state index in [2.05, 4.69) is 18.7 Å². The maximum Gasteiger partial charge on any atom is 0.158 e. The van der Waals surface area contributed by atoms with Crippen LogP contribution in [0.1, 0.15) is 55.9 Å². The van der Waals surface area contributed by atoms with Crippen LogP contribution in [0.15, 0.2) is 11.3 Å². The minimum absolute atomic E-state index is 0.290. The van der Waals surface area contributed by atoms with Crippen LogP contribution in [0.3, 0.4) is 0 Å². The molecule has 28 aromatic rings. The monoisotopic (exact) mass is 873 g/mol. The smallest absolute Gasteiger partial charge is 0.158 e. The van der Waals surface area contributed by atoms with Crippen LogP contribution >= 0.6 is 0 Å². The van der Waals surface area contributed by atoms with E-state index in [1.807, 2.05) is 6.92 Å². The Morgan fingerprint density at radius 2 is 0.493 bits per heavy atom. The fourth-order valence-corrected chi connectivity index (χ4v) is 25.9. The number of hydrogen-bond acceptors (Lipinski definition) is 2. The van der Waals surface area contributed by atoms with Crippen LogP contribution in [0.5, 0.6) is 0 Å². The first kappa shape index (κ1) is 27.2. The predicted molar refractivity (Wildman–Crippen MR) is 299 cm³/mol. The van der Waals surface area contributed by atoms with Gasteiger partial charge in [-0.2, -0.15) is 0 Å². The summed E-state index contributed by atoms with van der Waals surface area (Å²) in [5, 5.41) is 86.9. The molecule has 2 heteroatoms. The number of nitrogens with zero attached hydrogens (tertiary/aromatic N) is 1. The van der Waals surface area contributed by atoms with Crippen molar-refractivity contribution in [2.45, 2.75) is 44.6 Å². The fraction of sp³-hybridized carbons (Fsp3) is 0.116. The number of carbonyl (C=O) groups is 1. The van der Waals surface area contributed by atoms with Gasteiger partial charge in [-0.25, -0.2) is 0 Å².